The molecule has 4 rings (SSSR count). The molecule has 2 N–H and O–H groups in total. The summed E-state index contributed by atoms with van der Waals surface area (Å²) in [6, 6.07) is 12.7. The highest BCUT2D eigenvalue weighted by Crippen LogP contribution is 2.35. The van der Waals surface area contributed by atoms with E-state index in [9.17, 15) is 22.8 Å². The number of amides is 1. The van der Waals surface area contributed by atoms with Gasteiger partial charge in [-0.25, -0.2) is 0 Å². The molecule has 0 radical (unpaired) electrons. The van der Waals surface area contributed by atoms with Crippen LogP contribution >= 0.6 is 0 Å². The summed E-state index contributed by atoms with van der Waals surface area (Å²) in [6.45, 7) is 5.38. The van der Waals surface area contributed by atoms with Crippen molar-refractivity contribution in [3.05, 3.63) is 88.4 Å². The van der Waals surface area contributed by atoms with Crippen LogP contribution in [0.25, 0.3) is 5.70 Å². The minimum atomic E-state index is -4.81. The van der Waals surface area contributed by atoms with Crippen molar-refractivity contribution in [1.29, 1.82) is 0 Å². The molecule has 2 aromatic carbocycles. The molecule has 36 heavy (non-hydrogen) atoms. The van der Waals surface area contributed by atoms with Crippen LogP contribution in [0.3, 0.4) is 0 Å². The number of ether oxygens (including phenoxy) is 1. The van der Waals surface area contributed by atoms with Gasteiger partial charge < -0.3 is 19.8 Å². The second-order valence-corrected chi connectivity index (χ2v) is 9.26. The van der Waals surface area contributed by atoms with E-state index in [0.29, 0.717) is 11.4 Å². The van der Waals surface area contributed by atoms with E-state index < -0.39 is 23.4 Å². The molecule has 6 nitrogen and oxygen atoms in total. The molecule has 0 unspecified atom stereocenters. The molecule has 1 amide bonds. The maximum Gasteiger partial charge on any atom is 0.450 e. The maximum absolute atomic E-state index is 13.2. The molecular formula is C27H25F3N2O4. The molecule has 0 aliphatic carbocycles. The lowest BCUT2D eigenvalue weighted by atomic mass is 9.85. The zero-order valence-electron chi connectivity index (χ0n) is 20.2. The van der Waals surface area contributed by atoms with Crippen LogP contribution in [-0.4, -0.2) is 24.3 Å². The van der Waals surface area contributed by atoms with E-state index in [0.717, 1.165) is 23.6 Å². The van der Waals surface area contributed by atoms with Gasteiger partial charge in [-0.15, -0.1) is 0 Å². The van der Waals surface area contributed by atoms with E-state index in [1.807, 2.05) is 32.0 Å². The van der Waals surface area contributed by atoms with Crippen molar-refractivity contribution in [2.75, 3.05) is 12.4 Å². The molecule has 188 valence electrons. The van der Waals surface area contributed by atoms with Gasteiger partial charge in [-0.3, -0.25) is 9.59 Å². The zero-order valence-corrected chi connectivity index (χ0v) is 20.2. The first-order valence-electron chi connectivity index (χ1n) is 11.2. The smallest absolute Gasteiger partial charge is 0.450 e. The third-order valence-corrected chi connectivity index (χ3v) is 5.75. The number of benzene rings is 2. The third kappa shape index (κ3) is 5.30. The Morgan fingerprint density at radius 2 is 1.89 bits per heavy atom. The van der Waals surface area contributed by atoms with Gasteiger partial charge in [-0.1, -0.05) is 18.2 Å². The van der Waals surface area contributed by atoms with Gasteiger partial charge in [0.15, 0.2) is 5.78 Å². The van der Waals surface area contributed by atoms with Crippen LogP contribution in [0.4, 0.5) is 18.9 Å². The number of rotatable bonds is 5. The molecule has 1 aromatic heterocycles. The lowest BCUT2D eigenvalue weighted by Gasteiger charge is -2.35. The molecule has 0 bridgehead atoms. The van der Waals surface area contributed by atoms with Gasteiger partial charge in [0.2, 0.25) is 5.76 Å². The van der Waals surface area contributed by atoms with E-state index in [1.54, 1.807) is 19.2 Å². The maximum atomic E-state index is 13.2. The summed E-state index contributed by atoms with van der Waals surface area (Å²) in [4.78, 5) is 25.7. The van der Waals surface area contributed by atoms with Crippen LogP contribution in [0.15, 0.2) is 59.0 Å². The first kappa shape index (κ1) is 25.1. The predicted molar refractivity (Wildman–Crippen MR) is 129 cm³/mol. The van der Waals surface area contributed by atoms with Crippen LogP contribution in [-0.2, 0) is 12.6 Å². The van der Waals surface area contributed by atoms with E-state index in [2.05, 4.69) is 15.1 Å². The molecule has 2 heterocycles. The fraction of sp³-hybridized carbons (Fsp3) is 0.259. The normalized spacial score (nSPS) is 15.7. The number of nitrogens with one attached hydrogen (secondary N) is 2. The monoisotopic (exact) mass is 498 g/mol. The summed E-state index contributed by atoms with van der Waals surface area (Å²) in [7, 11) is 1.57. The average Bonchev–Trinajstić information content (AvgIpc) is 3.21. The van der Waals surface area contributed by atoms with E-state index in [-0.39, 0.29) is 28.3 Å². The fourth-order valence-electron chi connectivity index (χ4n) is 4.21. The highest BCUT2D eigenvalue weighted by molar-refractivity contribution is 6.10. The van der Waals surface area contributed by atoms with Crippen LogP contribution < -0.4 is 15.4 Å². The van der Waals surface area contributed by atoms with Crippen LogP contribution in [0.1, 0.15) is 57.2 Å². The van der Waals surface area contributed by atoms with E-state index in [4.69, 9.17) is 4.74 Å². The van der Waals surface area contributed by atoms with Gasteiger partial charge in [-0.2, -0.15) is 13.2 Å². The number of carbonyl (C=O) groups excluding carboxylic acids is 2. The topological polar surface area (TPSA) is 80.6 Å². The Balaban J connectivity index is 1.61. The Labute approximate surface area is 206 Å². The van der Waals surface area contributed by atoms with Crippen molar-refractivity contribution in [3.8, 4) is 5.75 Å². The number of fused-ring (bicyclic) bond motifs is 1. The summed E-state index contributed by atoms with van der Waals surface area (Å²) in [6.07, 6.45) is -2.58. The molecule has 0 atom stereocenters. The Kier molecular flexibility index (Phi) is 6.43. The van der Waals surface area contributed by atoms with E-state index in [1.165, 1.54) is 25.1 Å². The first-order chi connectivity index (χ1) is 16.9. The number of halogens is 3. The standard InChI is InChI=1S/C27H25F3N2O4/c1-15-10-21(24(36-15)27(28,29)30)25(34)31-18-7-5-6-16(11-18)23(33)13-22-20-12-19(35-4)9-8-17(20)14-26(2,3)32-22/h5-13,32H,14H2,1-4H3,(H,31,34). The number of furan rings is 1. The molecule has 0 saturated heterocycles. The summed E-state index contributed by atoms with van der Waals surface area (Å²) in [5, 5.41) is 5.81. The number of anilines is 1. The van der Waals surface area contributed by atoms with Crippen molar-refractivity contribution in [2.45, 2.75) is 38.9 Å². The number of alkyl halides is 3. The highest BCUT2D eigenvalue weighted by Gasteiger charge is 2.40. The van der Waals surface area contributed by atoms with Gasteiger partial charge in [0, 0.05) is 34.1 Å². The molecule has 0 saturated carbocycles. The van der Waals surface area contributed by atoms with Crippen molar-refractivity contribution in [2.24, 2.45) is 0 Å². The number of allylic oxidation sites excluding steroid dienone is 1. The summed E-state index contributed by atoms with van der Waals surface area (Å²) in [5.41, 5.74) is 2.06. The largest absolute Gasteiger partial charge is 0.497 e. The summed E-state index contributed by atoms with van der Waals surface area (Å²) < 4.78 is 49.7. The second kappa shape index (κ2) is 9.22. The number of aryl methyl sites for hydroxylation is 1. The number of hydrogen-bond donors (Lipinski definition) is 2. The molecule has 0 spiro atoms. The second-order valence-electron chi connectivity index (χ2n) is 9.26. The summed E-state index contributed by atoms with van der Waals surface area (Å²) >= 11 is 0. The van der Waals surface area contributed by atoms with Crippen molar-refractivity contribution < 1.29 is 31.9 Å². The number of ketones is 1. The Morgan fingerprint density at radius 1 is 1.14 bits per heavy atom. The van der Waals surface area contributed by atoms with Gasteiger partial charge >= 0.3 is 6.18 Å². The van der Waals surface area contributed by atoms with Gasteiger partial charge in [-0.05, 0) is 63.1 Å². The first-order valence-corrected chi connectivity index (χ1v) is 11.2. The summed E-state index contributed by atoms with van der Waals surface area (Å²) in [5.74, 6) is -2.07. The van der Waals surface area contributed by atoms with Crippen molar-refractivity contribution >= 4 is 23.1 Å². The minimum absolute atomic E-state index is 0.0390. The predicted octanol–water partition coefficient (Wildman–Crippen LogP) is 6.02. The van der Waals surface area contributed by atoms with Crippen molar-refractivity contribution in [3.63, 3.8) is 0 Å². The van der Waals surface area contributed by atoms with Gasteiger partial charge in [0.05, 0.1) is 12.7 Å². The van der Waals surface area contributed by atoms with Gasteiger partial charge in [0.25, 0.3) is 5.91 Å². The molecule has 9 heteroatoms. The molecule has 0 fully saturated rings. The molecule has 1 aliphatic rings. The lowest BCUT2D eigenvalue weighted by Crippen LogP contribution is -2.43. The molecule has 1 aliphatic heterocycles. The van der Waals surface area contributed by atoms with Crippen LogP contribution in [0.5, 0.6) is 5.75 Å². The number of hydrogen-bond acceptors (Lipinski definition) is 5. The highest BCUT2D eigenvalue weighted by atomic mass is 19.4. The van der Waals surface area contributed by atoms with Crippen molar-refractivity contribution in [1.82, 2.24) is 5.32 Å². The number of carbonyl (C=O) groups is 2. The fourth-order valence-corrected chi connectivity index (χ4v) is 4.21. The molecule has 3 aromatic rings. The van der Waals surface area contributed by atoms with Gasteiger partial charge in [0.1, 0.15) is 11.5 Å². The van der Waals surface area contributed by atoms with E-state index >= 15 is 0 Å². The third-order valence-electron chi connectivity index (χ3n) is 5.75. The Morgan fingerprint density at radius 3 is 2.58 bits per heavy atom. The SMILES string of the molecule is COc1ccc2c(c1)C(=CC(=O)c1cccc(NC(=O)c3cc(C)oc3C(F)(F)F)c1)NC(C)(C)C2. The average molecular weight is 499 g/mol. The Hall–Kier alpha value is -4.01. The Bertz CT molecular complexity index is 1370. The molecular weight excluding hydrogens is 473 g/mol. The minimum Gasteiger partial charge on any atom is -0.497 e. The van der Waals surface area contributed by atoms with Crippen LogP contribution in [0, 0.1) is 6.92 Å². The number of methoxy groups -OCH3 is 1. The zero-order chi connectivity index (χ0) is 26.3. The quantitative estimate of drug-likeness (QED) is 0.332. The van der Waals surface area contributed by atoms with Crippen LogP contribution in [0.2, 0.25) is 0 Å². The lowest BCUT2D eigenvalue weighted by molar-refractivity contribution is -0.153.